The molecule has 6 atom stereocenters. The summed E-state index contributed by atoms with van der Waals surface area (Å²) in [6.45, 7) is 1.65. The molecule has 3 aliphatic rings. The second-order valence-corrected chi connectivity index (χ2v) is 20.7. The van der Waals surface area contributed by atoms with Gasteiger partial charge in [-0.1, -0.05) is 6.92 Å². The van der Waals surface area contributed by atoms with E-state index in [1.165, 1.54) is 41.0 Å². The number of rotatable bonds is 12. The molecule has 4 aromatic rings. The van der Waals surface area contributed by atoms with Gasteiger partial charge in [-0.2, -0.15) is 0 Å². The number of unbranched alkanes of at least 4 members (excludes halogenated alkanes) is 2. The molecule has 10 N–H and O–H groups in total. The molecule has 342 valence electrons. The van der Waals surface area contributed by atoms with Crippen molar-refractivity contribution in [2.75, 3.05) is 25.6 Å². The molecule has 2 unspecified atom stereocenters. The minimum absolute atomic E-state index is 0.0465. The number of carbonyl (C=O) groups excluding carboxylic acids is 4. The number of hydrogen-bond acceptors (Lipinski definition) is 12. The quantitative estimate of drug-likeness (QED) is 0.0325. The molecule has 0 spiro atoms. The number of phenolic OH excluding ortho intramolecular Hbond substituents is 1. The number of ketones is 2. The van der Waals surface area contributed by atoms with Crippen LogP contribution < -0.4 is 27.0 Å². The Morgan fingerprint density at radius 3 is 1.74 bits per heavy atom. The van der Waals surface area contributed by atoms with Crippen LogP contribution in [0.4, 0.5) is 5.69 Å². The fraction of sp³-hybridized carbons (Fsp3) is 0.292. The molecule has 0 saturated heterocycles. The number of nitrogens with one attached hydrogen (secondary N) is 1. The number of hydrogen-bond donors (Lipinski definition) is 9. The number of carbonyl (C=O) groups is 6. The van der Waals surface area contributed by atoms with Gasteiger partial charge in [0, 0.05) is 5.92 Å². The molecule has 0 bridgehead atoms. The number of carboxylic acids is 2. The van der Waals surface area contributed by atoms with Crippen LogP contribution in [0.2, 0.25) is 0 Å². The molecule has 2 amide bonds. The number of nitrogens with zero attached hydrogens (tertiary/aromatic N) is 1. The first-order valence-electron chi connectivity index (χ1n) is 20.9. The number of carboxylic acid groups (broad SMARTS) is 2. The van der Waals surface area contributed by atoms with Gasteiger partial charge < -0.3 is 36.4 Å². The van der Waals surface area contributed by atoms with Crippen molar-refractivity contribution in [1.29, 1.82) is 0 Å². The first kappa shape index (κ1) is 47.8. The molecule has 16 nitrogen and oxygen atoms in total. The fourth-order valence-electron chi connectivity index (χ4n) is 9.89. The van der Waals surface area contributed by atoms with Crippen LogP contribution in [0.1, 0.15) is 54.4 Å². The van der Waals surface area contributed by atoms with Gasteiger partial charge in [-0.05, 0) is 14.1 Å². The van der Waals surface area contributed by atoms with E-state index < -0.39 is 101 Å². The molecule has 4 aromatic carbocycles. The van der Waals surface area contributed by atoms with Gasteiger partial charge in [0.1, 0.15) is 17.1 Å². The minimum atomic E-state index is -3.02. The number of Topliss-reactive ketones (excluding diaryl/α,β-unsaturated/α-hetero) is 2. The number of nitrogens with two attached hydrogens (primary N) is 1. The third-order valence-corrected chi connectivity index (χ3v) is 17.9. The number of likely N-dealkylation sites (N-methyl/N-ethyl adjacent to an activating group) is 1. The van der Waals surface area contributed by atoms with Crippen LogP contribution in [0, 0.1) is 11.8 Å². The second-order valence-electron chi connectivity index (χ2n) is 16.7. The van der Waals surface area contributed by atoms with Crippen molar-refractivity contribution in [1.82, 2.24) is 4.90 Å². The van der Waals surface area contributed by atoms with Gasteiger partial charge in [-0.25, -0.2) is 9.59 Å². The third-order valence-electron chi connectivity index (χ3n) is 12.8. The number of fused-ring (bicyclic) bond motifs is 3. The van der Waals surface area contributed by atoms with Gasteiger partial charge in [-0.15, -0.1) is 0 Å². The van der Waals surface area contributed by atoms with Crippen molar-refractivity contribution in [3.05, 3.63) is 137 Å². The summed E-state index contributed by atoms with van der Waals surface area (Å²) in [6, 6.07) is 33.5. The average molecular weight is 910 g/mol. The van der Waals surface area contributed by atoms with E-state index in [2.05, 4.69) is 78.1 Å². The average Bonchev–Trinajstić information content (AvgIpc) is 3.28. The van der Waals surface area contributed by atoms with Crippen LogP contribution in [0.5, 0.6) is 5.75 Å². The molecule has 7 rings (SSSR count). The Morgan fingerprint density at radius 1 is 0.769 bits per heavy atom. The number of aromatic hydroxyl groups is 1. The van der Waals surface area contributed by atoms with Crippen LogP contribution in [-0.4, -0.2) is 114 Å². The van der Waals surface area contributed by atoms with Gasteiger partial charge >= 0.3 is 236 Å². The molecule has 0 heterocycles. The summed E-state index contributed by atoms with van der Waals surface area (Å²) in [7, 11) is 0.530. The summed E-state index contributed by atoms with van der Waals surface area (Å²) in [5.41, 5.74) is 0.907. The Kier molecular flexibility index (Phi) is 14.1. The Bertz CT molecular complexity index is 2470. The van der Waals surface area contributed by atoms with E-state index in [9.17, 15) is 44.7 Å². The topological polar surface area (TPSA) is 285 Å². The number of anilines is 1. The molecule has 0 saturated carbocycles. The molecule has 0 fully saturated rings. The van der Waals surface area contributed by atoms with Gasteiger partial charge in [0.2, 0.25) is 5.78 Å². The molecule has 0 radical (unpaired) electrons. The zero-order valence-corrected chi connectivity index (χ0v) is 36.8. The Labute approximate surface area is 374 Å². The molecular formula is C48H52N3O13P. The van der Waals surface area contributed by atoms with Crippen molar-refractivity contribution < 1.29 is 64.5 Å². The van der Waals surface area contributed by atoms with Crippen molar-refractivity contribution in [3.63, 3.8) is 0 Å². The first-order chi connectivity index (χ1) is 30.8. The zero-order valence-electron chi connectivity index (χ0n) is 35.8. The van der Waals surface area contributed by atoms with E-state index in [4.69, 9.17) is 25.5 Å². The van der Waals surface area contributed by atoms with Crippen LogP contribution >= 0.6 is 7.26 Å². The third kappa shape index (κ3) is 8.53. The Morgan fingerprint density at radius 2 is 1.28 bits per heavy atom. The van der Waals surface area contributed by atoms with E-state index >= 15 is 0 Å². The van der Waals surface area contributed by atoms with Crippen LogP contribution in [0.3, 0.4) is 0 Å². The van der Waals surface area contributed by atoms with E-state index in [0.29, 0.717) is 12.0 Å². The van der Waals surface area contributed by atoms with Crippen LogP contribution in [-0.2, 0) is 24.0 Å². The Hall–Kier alpha value is -6.71. The van der Waals surface area contributed by atoms with Gasteiger partial charge in [-0.3, -0.25) is 14.5 Å². The molecule has 17 heteroatoms. The Balaban J connectivity index is 0.00000109. The van der Waals surface area contributed by atoms with Crippen molar-refractivity contribution >= 4 is 64.2 Å². The number of aliphatic hydroxyl groups excluding tert-OH is 3. The molecule has 0 aliphatic heterocycles. The van der Waals surface area contributed by atoms with E-state index in [-0.39, 0.29) is 23.6 Å². The molecule has 0 aromatic heterocycles. The van der Waals surface area contributed by atoms with Gasteiger partial charge in [0.25, 0.3) is 5.91 Å². The standard InChI is InChI=1S/C46H50N3O9P.C2H2O4/c1-26-30-23-24-31(39(51)34(30)40(52)35-33(26)41(53)37-38(49(2)3)42(54)36(45(47)57)44(56)46(37,58)43(35)55)48-32(50)22-14-7-15-25-59(27-16-8-4-9-17-27,28-18-10-5-11-19-28)29-20-12-6-13-21-29;3-1(4)2(5)6/h4-6,8-13,16-21,23-24,26,33,37-38,41,51,53-55,58-59H,7,14-15,22,25H2,1-3H3,(H2,47,57)(H,48,50);(H,3,4)(H,5,6)/t26-,33?,37?,38-,41-,46-;/m0./s1. The van der Waals surface area contributed by atoms with Crippen LogP contribution in [0.25, 0.3) is 0 Å². The SMILES string of the molecule is C[C@H]1c2ccc(NC(=O)CCCCC[PH](c3ccccc3)(c3ccccc3)c3ccccc3)c(O)c2C(=O)C2=C(O)[C@]3(O)C(=O)C(C(N)=O)=C(O)[C@@H](N(C)C)C3[C@@H](O)C21.O=C(O)C(=O)O. The summed E-state index contributed by atoms with van der Waals surface area (Å²) < 4.78 is 0. The normalized spacial score (nSPS) is 22.8. The summed E-state index contributed by atoms with van der Waals surface area (Å²) in [5.74, 6) is -13.8. The van der Waals surface area contributed by atoms with Gasteiger partial charge in [0.05, 0.1) is 18.1 Å². The number of phenols is 1. The summed E-state index contributed by atoms with van der Waals surface area (Å²) in [6.07, 6.45) is 1.56. The van der Waals surface area contributed by atoms with Crippen LogP contribution in [0.15, 0.2) is 126 Å². The van der Waals surface area contributed by atoms with Crippen molar-refractivity contribution in [3.8, 4) is 5.75 Å². The number of amides is 2. The summed E-state index contributed by atoms with van der Waals surface area (Å²) in [4.78, 5) is 73.2. The maximum atomic E-state index is 14.3. The van der Waals surface area contributed by atoms with Crippen molar-refractivity contribution in [2.45, 2.75) is 56.3 Å². The number of aliphatic hydroxyl groups is 4. The maximum absolute atomic E-state index is 14.3. The summed E-state index contributed by atoms with van der Waals surface area (Å²) >= 11 is 0. The van der Waals surface area contributed by atoms with E-state index in [0.717, 1.165) is 19.0 Å². The number of primary amides is 1. The smallest absolute Gasteiger partial charge is 0.510 e. The first-order valence-corrected chi connectivity index (χ1v) is 23.1. The second kappa shape index (κ2) is 19.2. The predicted octanol–water partition coefficient (Wildman–Crippen LogP) is 3.03. The monoisotopic (exact) mass is 909 g/mol. The van der Waals surface area contributed by atoms with E-state index in [1.807, 2.05) is 18.2 Å². The van der Waals surface area contributed by atoms with Crippen molar-refractivity contribution in [2.24, 2.45) is 17.6 Å². The fourth-order valence-corrected chi connectivity index (χ4v) is 14.8. The molecule has 65 heavy (non-hydrogen) atoms. The minimum Gasteiger partial charge on any atom is -0.510 e. The van der Waals surface area contributed by atoms with Gasteiger partial charge in [0.15, 0.2) is 5.60 Å². The van der Waals surface area contributed by atoms with E-state index in [1.54, 1.807) is 13.0 Å². The summed E-state index contributed by atoms with van der Waals surface area (Å²) in [5, 5.41) is 79.5. The molecule has 3 aliphatic carbocycles. The number of aliphatic carboxylic acids is 2. The zero-order chi connectivity index (χ0) is 47.5. The number of benzene rings is 4. The molecular weight excluding hydrogens is 858 g/mol. The predicted molar refractivity (Wildman–Crippen MR) is 244 cm³/mol.